The number of nitrogens with zero attached hydrogens (tertiary/aromatic N) is 1. The van der Waals surface area contributed by atoms with E-state index in [0.717, 1.165) is 0 Å². The van der Waals surface area contributed by atoms with Gasteiger partial charge in [0.1, 0.15) is 5.82 Å². The Balaban J connectivity index is 2.44. The van der Waals surface area contributed by atoms with E-state index in [1.807, 2.05) is 13.8 Å². The summed E-state index contributed by atoms with van der Waals surface area (Å²) < 4.78 is 0. The molecule has 1 rings (SSSR count). The van der Waals surface area contributed by atoms with Crippen molar-refractivity contribution in [1.82, 2.24) is 10.3 Å². The molecule has 0 radical (unpaired) electrons. The first kappa shape index (κ1) is 15.7. The van der Waals surface area contributed by atoms with Gasteiger partial charge in [-0.25, -0.2) is 4.98 Å². The van der Waals surface area contributed by atoms with Gasteiger partial charge in [0.25, 0.3) is 5.91 Å². The SMILES string of the molecule is CC(C)CNC(=O)CCNc1cc(C(N)=O)c(N)cn1. The van der Waals surface area contributed by atoms with Crippen LogP contribution in [0, 0.1) is 5.92 Å². The molecule has 0 bridgehead atoms. The zero-order valence-corrected chi connectivity index (χ0v) is 11.8. The molecule has 0 saturated heterocycles. The second-order valence-electron chi connectivity index (χ2n) is 4.90. The molecule has 7 nitrogen and oxygen atoms in total. The number of aromatic nitrogens is 1. The van der Waals surface area contributed by atoms with Gasteiger partial charge in [0.2, 0.25) is 5.91 Å². The zero-order valence-electron chi connectivity index (χ0n) is 11.8. The highest BCUT2D eigenvalue weighted by Gasteiger charge is 2.08. The first-order valence-corrected chi connectivity index (χ1v) is 6.46. The van der Waals surface area contributed by atoms with Crippen LogP contribution in [-0.4, -0.2) is 29.9 Å². The summed E-state index contributed by atoms with van der Waals surface area (Å²) in [5.41, 5.74) is 11.2. The average Bonchev–Trinajstić information content (AvgIpc) is 2.38. The molecule has 0 aliphatic heterocycles. The summed E-state index contributed by atoms with van der Waals surface area (Å²) in [4.78, 5) is 26.6. The fourth-order valence-electron chi connectivity index (χ4n) is 1.49. The van der Waals surface area contributed by atoms with E-state index in [1.165, 1.54) is 12.3 Å². The molecule has 0 fully saturated rings. The third kappa shape index (κ3) is 5.13. The van der Waals surface area contributed by atoms with Gasteiger partial charge in [-0.1, -0.05) is 13.8 Å². The molecular weight excluding hydrogens is 258 g/mol. The van der Waals surface area contributed by atoms with Gasteiger partial charge in [-0.2, -0.15) is 0 Å². The molecule has 6 N–H and O–H groups in total. The Labute approximate surface area is 118 Å². The smallest absolute Gasteiger partial charge is 0.250 e. The van der Waals surface area contributed by atoms with Gasteiger partial charge in [-0.05, 0) is 12.0 Å². The molecule has 0 atom stereocenters. The number of anilines is 2. The van der Waals surface area contributed by atoms with Crippen LogP contribution < -0.4 is 22.1 Å². The Morgan fingerprint density at radius 3 is 2.70 bits per heavy atom. The molecule has 1 aromatic heterocycles. The lowest BCUT2D eigenvalue weighted by molar-refractivity contribution is -0.120. The van der Waals surface area contributed by atoms with Crippen LogP contribution >= 0.6 is 0 Å². The maximum Gasteiger partial charge on any atom is 0.250 e. The molecule has 0 aromatic carbocycles. The summed E-state index contributed by atoms with van der Waals surface area (Å²) >= 11 is 0. The normalized spacial score (nSPS) is 10.3. The number of carbonyl (C=O) groups excluding carboxylic acids is 2. The Morgan fingerprint density at radius 1 is 1.40 bits per heavy atom. The lowest BCUT2D eigenvalue weighted by atomic mass is 10.2. The molecule has 20 heavy (non-hydrogen) atoms. The molecule has 0 saturated carbocycles. The second-order valence-corrected chi connectivity index (χ2v) is 4.90. The number of rotatable bonds is 7. The fraction of sp³-hybridized carbons (Fsp3) is 0.462. The van der Waals surface area contributed by atoms with E-state index in [9.17, 15) is 9.59 Å². The maximum atomic E-state index is 11.5. The van der Waals surface area contributed by atoms with Crippen LogP contribution in [0.4, 0.5) is 11.5 Å². The van der Waals surface area contributed by atoms with Crippen LogP contribution in [0.2, 0.25) is 0 Å². The number of nitrogens with one attached hydrogen (secondary N) is 2. The highest BCUT2D eigenvalue weighted by atomic mass is 16.1. The first-order chi connectivity index (χ1) is 9.40. The summed E-state index contributed by atoms with van der Waals surface area (Å²) in [6, 6.07) is 1.48. The molecule has 0 spiro atoms. The van der Waals surface area contributed by atoms with Crippen molar-refractivity contribution in [1.29, 1.82) is 0 Å². The van der Waals surface area contributed by atoms with Crippen molar-refractivity contribution in [3.8, 4) is 0 Å². The number of carbonyl (C=O) groups is 2. The van der Waals surface area contributed by atoms with Crippen molar-refractivity contribution < 1.29 is 9.59 Å². The first-order valence-electron chi connectivity index (χ1n) is 6.46. The number of primary amides is 1. The Hall–Kier alpha value is -2.31. The van der Waals surface area contributed by atoms with Crippen LogP contribution in [0.3, 0.4) is 0 Å². The van der Waals surface area contributed by atoms with E-state index in [4.69, 9.17) is 11.5 Å². The summed E-state index contributed by atoms with van der Waals surface area (Å²) in [6.45, 7) is 5.13. The minimum Gasteiger partial charge on any atom is -0.397 e. The number of hydrogen-bond donors (Lipinski definition) is 4. The predicted octanol–water partition coefficient (Wildman–Crippen LogP) is 0.337. The van der Waals surface area contributed by atoms with Gasteiger partial charge in [-0.3, -0.25) is 9.59 Å². The largest absolute Gasteiger partial charge is 0.397 e. The molecule has 110 valence electrons. The third-order valence-corrected chi connectivity index (χ3v) is 2.57. The Morgan fingerprint density at radius 2 is 2.10 bits per heavy atom. The minimum atomic E-state index is -0.609. The second kappa shape index (κ2) is 7.32. The van der Waals surface area contributed by atoms with E-state index in [2.05, 4.69) is 15.6 Å². The fourth-order valence-corrected chi connectivity index (χ4v) is 1.49. The van der Waals surface area contributed by atoms with Crippen LogP contribution in [0.15, 0.2) is 12.3 Å². The number of nitrogens with two attached hydrogens (primary N) is 2. The van der Waals surface area contributed by atoms with Crippen molar-refractivity contribution in [3.63, 3.8) is 0 Å². The number of amides is 2. The van der Waals surface area contributed by atoms with Crippen molar-refractivity contribution in [2.24, 2.45) is 11.7 Å². The van der Waals surface area contributed by atoms with Crippen LogP contribution in [0.1, 0.15) is 30.6 Å². The Bertz CT molecular complexity index is 488. The summed E-state index contributed by atoms with van der Waals surface area (Å²) in [5.74, 6) is 0.243. The molecule has 7 heteroatoms. The van der Waals surface area contributed by atoms with Crippen molar-refractivity contribution in [3.05, 3.63) is 17.8 Å². The van der Waals surface area contributed by atoms with Crippen LogP contribution in [0.5, 0.6) is 0 Å². The number of nitrogen functional groups attached to an aromatic ring is 1. The molecule has 0 aliphatic rings. The molecule has 1 aromatic rings. The predicted molar refractivity (Wildman–Crippen MR) is 78.1 cm³/mol. The van der Waals surface area contributed by atoms with Gasteiger partial charge >= 0.3 is 0 Å². The minimum absolute atomic E-state index is 0.0308. The molecule has 1 heterocycles. The summed E-state index contributed by atoms with van der Waals surface area (Å²) in [7, 11) is 0. The molecule has 0 unspecified atom stereocenters. The third-order valence-electron chi connectivity index (χ3n) is 2.57. The molecule has 2 amide bonds. The van der Waals surface area contributed by atoms with E-state index in [0.29, 0.717) is 31.2 Å². The van der Waals surface area contributed by atoms with Crippen molar-refractivity contribution >= 4 is 23.3 Å². The summed E-state index contributed by atoms with van der Waals surface area (Å²) in [5, 5.41) is 5.76. The van der Waals surface area contributed by atoms with E-state index in [1.54, 1.807) is 0 Å². The van der Waals surface area contributed by atoms with Gasteiger partial charge in [0.05, 0.1) is 17.4 Å². The van der Waals surface area contributed by atoms with E-state index < -0.39 is 5.91 Å². The van der Waals surface area contributed by atoms with Gasteiger partial charge in [0, 0.05) is 19.5 Å². The lowest BCUT2D eigenvalue weighted by Crippen LogP contribution is -2.28. The molecule has 0 aliphatic carbocycles. The number of hydrogen-bond acceptors (Lipinski definition) is 5. The topological polar surface area (TPSA) is 123 Å². The zero-order chi connectivity index (χ0) is 15.1. The van der Waals surface area contributed by atoms with Gasteiger partial charge in [0.15, 0.2) is 0 Å². The average molecular weight is 279 g/mol. The van der Waals surface area contributed by atoms with Crippen molar-refractivity contribution in [2.75, 3.05) is 24.1 Å². The van der Waals surface area contributed by atoms with Gasteiger partial charge in [-0.15, -0.1) is 0 Å². The van der Waals surface area contributed by atoms with Crippen LogP contribution in [-0.2, 0) is 4.79 Å². The van der Waals surface area contributed by atoms with Crippen molar-refractivity contribution in [2.45, 2.75) is 20.3 Å². The quantitative estimate of drug-likeness (QED) is 0.573. The maximum absolute atomic E-state index is 11.5. The highest BCUT2D eigenvalue weighted by Crippen LogP contribution is 2.13. The lowest BCUT2D eigenvalue weighted by Gasteiger charge is -2.09. The summed E-state index contributed by atoms with van der Waals surface area (Å²) in [6.07, 6.45) is 1.69. The van der Waals surface area contributed by atoms with Crippen LogP contribution in [0.25, 0.3) is 0 Å². The molecular formula is C13H21N5O2. The van der Waals surface area contributed by atoms with Gasteiger partial charge < -0.3 is 22.1 Å². The Kier molecular flexibility index (Phi) is 5.76. The highest BCUT2D eigenvalue weighted by molar-refractivity contribution is 5.98. The number of pyridine rings is 1. The van der Waals surface area contributed by atoms with E-state index in [-0.39, 0.29) is 17.2 Å². The standard InChI is InChI=1S/C13H21N5O2/c1-8(2)6-18-12(19)3-4-16-11-5-9(13(15)20)10(14)7-17-11/h5,7-8H,3-4,6,14H2,1-2H3,(H2,15,20)(H,16,17)(H,18,19). The monoisotopic (exact) mass is 279 g/mol. The van der Waals surface area contributed by atoms with E-state index >= 15 is 0 Å².